The molecule has 0 rings (SSSR count). The predicted octanol–water partition coefficient (Wildman–Crippen LogP) is 0.579. The molecule has 0 bridgehead atoms. The molecule has 0 aliphatic rings. The number of quaternary nitrogens is 1. The molecule has 0 heterocycles. The van der Waals surface area contributed by atoms with Gasteiger partial charge >= 0.3 is 0 Å². The van der Waals surface area contributed by atoms with Gasteiger partial charge in [-0.25, -0.2) is 0 Å². The van der Waals surface area contributed by atoms with Gasteiger partial charge < -0.3 is 24.6 Å². The number of ether oxygens (including phenoxy) is 2. The quantitative estimate of drug-likeness (QED) is 0.311. The lowest BCUT2D eigenvalue weighted by molar-refractivity contribution is -0.870. The third kappa shape index (κ3) is 16.2. The molecule has 0 fully saturated rings. The fourth-order valence-electron chi connectivity index (χ4n) is 2.17. The minimum absolute atomic E-state index is 0.00249. The summed E-state index contributed by atoms with van der Waals surface area (Å²) in [6.07, 6.45) is 2.95. The molecule has 0 radical (unpaired) electrons. The zero-order valence-electron chi connectivity index (χ0n) is 16.7. The Morgan fingerprint density at radius 1 is 1.00 bits per heavy atom. The van der Waals surface area contributed by atoms with Crippen LogP contribution in [-0.4, -0.2) is 89.9 Å². The first kappa shape index (κ1) is 24.0. The van der Waals surface area contributed by atoms with Crippen LogP contribution in [0.4, 0.5) is 0 Å². The molecule has 0 unspecified atom stereocenters. The number of Topliss-reactive ketones (excluding diaryl/α,β-unsaturated/α-hetero) is 1. The highest BCUT2D eigenvalue weighted by Crippen LogP contribution is 2.01. The molecule has 0 aliphatic heterocycles. The van der Waals surface area contributed by atoms with Gasteiger partial charge in [-0.3, -0.25) is 9.59 Å². The van der Waals surface area contributed by atoms with Crippen LogP contribution in [0.5, 0.6) is 0 Å². The van der Waals surface area contributed by atoms with Crippen molar-refractivity contribution in [2.45, 2.75) is 38.6 Å². The first-order valence-electron chi connectivity index (χ1n) is 9.16. The van der Waals surface area contributed by atoms with Gasteiger partial charge in [0, 0.05) is 13.0 Å². The van der Waals surface area contributed by atoms with Gasteiger partial charge in [0.05, 0.1) is 53.6 Å². The van der Waals surface area contributed by atoms with E-state index in [1.807, 2.05) is 0 Å². The van der Waals surface area contributed by atoms with Crippen molar-refractivity contribution < 1.29 is 23.5 Å². The first-order chi connectivity index (χ1) is 11.8. The van der Waals surface area contributed by atoms with Crippen molar-refractivity contribution in [2.75, 3.05) is 67.7 Å². The second-order valence-corrected chi connectivity index (χ2v) is 7.29. The van der Waals surface area contributed by atoms with Crippen LogP contribution in [0.25, 0.3) is 0 Å². The lowest BCUT2D eigenvalue weighted by atomic mass is 10.1. The Morgan fingerprint density at radius 2 is 1.64 bits per heavy atom. The molecule has 25 heavy (non-hydrogen) atoms. The van der Waals surface area contributed by atoms with Crippen LogP contribution in [-0.2, 0) is 19.1 Å². The van der Waals surface area contributed by atoms with Crippen LogP contribution >= 0.6 is 0 Å². The van der Waals surface area contributed by atoms with Gasteiger partial charge in [0.15, 0.2) is 0 Å². The Hall–Kier alpha value is -1.02. The Labute approximate surface area is 153 Å². The Bertz CT molecular complexity index is 370. The normalized spacial score (nSPS) is 12.8. The monoisotopic (exact) mass is 360 g/mol. The van der Waals surface area contributed by atoms with Crippen molar-refractivity contribution in [2.24, 2.45) is 0 Å². The SMILES string of the molecule is CN[C@@H](CCCCNC(=O)CCOCCOCC[N+](C)(C)C)C(C)=O. The third-order valence-corrected chi connectivity index (χ3v) is 3.83. The number of unbranched alkanes of at least 4 members (excludes halogenated alkanes) is 1. The highest BCUT2D eigenvalue weighted by atomic mass is 16.5. The molecule has 1 amide bonds. The van der Waals surface area contributed by atoms with Gasteiger partial charge in [-0.1, -0.05) is 0 Å². The Morgan fingerprint density at radius 3 is 2.20 bits per heavy atom. The van der Waals surface area contributed by atoms with E-state index in [0.29, 0.717) is 39.4 Å². The zero-order chi connectivity index (χ0) is 19.1. The van der Waals surface area contributed by atoms with Crippen molar-refractivity contribution in [1.29, 1.82) is 0 Å². The fraction of sp³-hybridized carbons (Fsp3) is 0.889. The molecule has 0 aromatic heterocycles. The fourth-order valence-corrected chi connectivity index (χ4v) is 2.17. The summed E-state index contributed by atoms with van der Waals surface area (Å²) < 4.78 is 11.8. The van der Waals surface area contributed by atoms with Crippen LogP contribution in [0.2, 0.25) is 0 Å². The summed E-state index contributed by atoms with van der Waals surface area (Å²) in [5, 5.41) is 5.87. The predicted molar refractivity (Wildman–Crippen MR) is 99.5 cm³/mol. The van der Waals surface area contributed by atoms with Gasteiger partial charge in [-0.15, -0.1) is 0 Å². The van der Waals surface area contributed by atoms with Crippen LogP contribution in [0, 0.1) is 0 Å². The van der Waals surface area contributed by atoms with E-state index in [9.17, 15) is 9.59 Å². The largest absolute Gasteiger partial charge is 0.379 e. The average Bonchev–Trinajstić information content (AvgIpc) is 2.51. The van der Waals surface area contributed by atoms with Crippen LogP contribution < -0.4 is 10.6 Å². The molecule has 0 aliphatic carbocycles. The van der Waals surface area contributed by atoms with Gasteiger partial charge in [0.2, 0.25) is 5.91 Å². The summed E-state index contributed by atoms with van der Waals surface area (Å²) in [6.45, 7) is 5.40. The van der Waals surface area contributed by atoms with Gasteiger partial charge in [-0.05, 0) is 33.2 Å². The van der Waals surface area contributed by atoms with Crippen molar-refractivity contribution in [1.82, 2.24) is 10.6 Å². The molecule has 0 spiro atoms. The maximum atomic E-state index is 11.7. The van der Waals surface area contributed by atoms with E-state index < -0.39 is 0 Å². The van der Waals surface area contributed by atoms with Gasteiger partial charge in [-0.2, -0.15) is 0 Å². The lowest BCUT2D eigenvalue weighted by Crippen LogP contribution is -2.37. The summed E-state index contributed by atoms with van der Waals surface area (Å²) in [6, 6.07) is -0.0753. The first-order valence-corrected chi connectivity index (χ1v) is 9.16. The summed E-state index contributed by atoms with van der Waals surface area (Å²) in [5.41, 5.74) is 0. The van der Waals surface area contributed by atoms with E-state index in [1.54, 1.807) is 14.0 Å². The van der Waals surface area contributed by atoms with Crippen molar-refractivity contribution in [3.63, 3.8) is 0 Å². The number of nitrogens with zero attached hydrogens (tertiary/aromatic N) is 1. The number of hydrogen-bond donors (Lipinski definition) is 2. The second kappa shape index (κ2) is 14.2. The smallest absolute Gasteiger partial charge is 0.222 e. The number of nitrogens with one attached hydrogen (secondary N) is 2. The third-order valence-electron chi connectivity index (χ3n) is 3.83. The topological polar surface area (TPSA) is 76.7 Å². The van der Waals surface area contributed by atoms with E-state index >= 15 is 0 Å². The van der Waals surface area contributed by atoms with E-state index in [4.69, 9.17) is 9.47 Å². The molecule has 2 N–H and O–H groups in total. The number of carbonyl (C=O) groups excluding carboxylic acids is 2. The molecule has 148 valence electrons. The van der Waals surface area contributed by atoms with E-state index in [0.717, 1.165) is 30.3 Å². The zero-order valence-corrected chi connectivity index (χ0v) is 16.7. The maximum absolute atomic E-state index is 11.7. The highest BCUT2D eigenvalue weighted by molar-refractivity contribution is 5.81. The molecular weight excluding hydrogens is 322 g/mol. The number of carbonyl (C=O) groups is 2. The van der Waals surface area contributed by atoms with E-state index in [1.165, 1.54) is 0 Å². The molecule has 7 heteroatoms. The highest BCUT2D eigenvalue weighted by Gasteiger charge is 2.10. The second-order valence-electron chi connectivity index (χ2n) is 7.29. The standard InChI is InChI=1S/C18H37N3O4/c1-16(22)17(19-2)8-6-7-10-20-18(23)9-12-24-14-15-25-13-11-21(3,4)5/h17,19H,6-15H2,1-5H3/p+1/t17-/m0/s1. The van der Waals surface area contributed by atoms with Crippen LogP contribution in [0.15, 0.2) is 0 Å². The molecule has 7 nitrogen and oxygen atoms in total. The number of rotatable bonds is 16. The Kier molecular flexibility index (Phi) is 13.6. The molecule has 0 aromatic rings. The van der Waals surface area contributed by atoms with Crippen LogP contribution in [0.1, 0.15) is 32.6 Å². The molecule has 0 aromatic carbocycles. The molecule has 0 saturated heterocycles. The summed E-state index contributed by atoms with van der Waals surface area (Å²) in [7, 11) is 8.17. The average molecular weight is 361 g/mol. The number of hydrogen-bond acceptors (Lipinski definition) is 5. The minimum atomic E-state index is -0.0753. The van der Waals surface area contributed by atoms with Crippen molar-refractivity contribution in [3.05, 3.63) is 0 Å². The van der Waals surface area contributed by atoms with E-state index in [-0.39, 0.29) is 17.7 Å². The van der Waals surface area contributed by atoms with Crippen LogP contribution in [0.3, 0.4) is 0 Å². The minimum Gasteiger partial charge on any atom is -0.379 e. The van der Waals surface area contributed by atoms with Gasteiger partial charge in [0.1, 0.15) is 12.3 Å². The summed E-state index contributed by atoms with van der Waals surface area (Å²) >= 11 is 0. The van der Waals surface area contributed by atoms with Crippen molar-refractivity contribution >= 4 is 11.7 Å². The van der Waals surface area contributed by atoms with E-state index in [2.05, 4.69) is 31.8 Å². The molecule has 1 atom stereocenters. The maximum Gasteiger partial charge on any atom is 0.222 e. The number of ketones is 1. The van der Waals surface area contributed by atoms with Crippen molar-refractivity contribution in [3.8, 4) is 0 Å². The number of amides is 1. The summed E-state index contributed by atoms with van der Waals surface area (Å²) in [5.74, 6) is 0.160. The Balaban J connectivity index is 3.40. The summed E-state index contributed by atoms with van der Waals surface area (Å²) in [4.78, 5) is 22.9. The van der Waals surface area contributed by atoms with Gasteiger partial charge in [0.25, 0.3) is 0 Å². The molecule has 0 saturated carbocycles. The number of likely N-dealkylation sites (N-methyl/N-ethyl adjacent to an activating group) is 2. The molecular formula is C18H38N3O4+. The lowest BCUT2D eigenvalue weighted by Gasteiger charge is -2.23.